The number of hydrogen-bond acceptors (Lipinski definition) is 8. The number of pyridine rings is 2. The van der Waals surface area contributed by atoms with Crippen molar-refractivity contribution in [1.82, 2.24) is 24.8 Å². The largest absolute Gasteiger partial charge is 0.391 e. The molecule has 0 unspecified atom stereocenters. The quantitative estimate of drug-likeness (QED) is 0.406. The fraction of sp³-hybridized carbons (Fsp3) is 0.458. The maximum Gasteiger partial charge on any atom is 0.263 e. The van der Waals surface area contributed by atoms with Crippen LogP contribution in [-0.4, -0.2) is 80.5 Å². The molecular formula is C24H25B4N7O2. The number of carbonyl (C=O) groups is 1. The van der Waals surface area contributed by atoms with Crippen LogP contribution in [0.25, 0.3) is 11.0 Å². The summed E-state index contributed by atoms with van der Waals surface area (Å²) in [5.41, 5.74) is 1.54. The van der Waals surface area contributed by atoms with Crippen molar-refractivity contribution in [2.75, 3.05) is 23.3 Å². The van der Waals surface area contributed by atoms with Gasteiger partial charge in [0.05, 0.1) is 48.8 Å². The summed E-state index contributed by atoms with van der Waals surface area (Å²) in [6.45, 7) is 3.76. The Bertz CT molecular complexity index is 1400. The van der Waals surface area contributed by atoms with Gasteiger partial charge in [-0.15, -0.1) is 0 Å². The van der Waals surface area contributed by atoms with E-state index in [1.165, 1.54) is 11.8 Å². The number of hydrogen-bond donors (Lipinski definition) is 2. The Hall–Kier alpha value is -3.07. The van der Waals surface area contributed by atoms with Crippen LogP contribution >= 0.6 is 0 Å². The molecule has 13 heteroatoms. The van der Waals surface area contributed by atoms with E-state index in [1.54, 1.807) is 36.0 Å². The van der Waals surface area contributed by atoms with Gasteiger partial charge < -0.3 is 15.5 Å². The highest BCUT2D eigenvalue weighted by Crippen LogP contribution is 2.32. The van der Waals surface area contributed by atoms with E-state index >= 15 is 0 Å². The maximum atomic E-state index is 13.4. The molecule has 0 amide bonds. The summed E-state index contributed by atoms with van der Waals surface area (Å²) in [5.74, 6) is 0.476. The highest BCUT2D eigenvalue weighted by Gasteiger charge is 2.39. The smallest absolute Gasteiger partial charge is 0.263 e. The molecule has 180 valence electrons. The van der Waals surface area contributed by atoms with Gasteiger partial charge in [-0.2, -0.15) is 4.98 Å². The zero-order valence-electron chi connectivity index (χ0n) is 21.0. The predicted octanol–water partition coefficient (Wildman–Crippen LogP) is 0.947. The van der Waals surface area contributed by atoms with Crippen molar-refractivity contribution in [3.05, 3.63) is 46.0 Å². The summed E-state index contributed by atoms with van der Waals surface area (Å²) >= 11 is 0. The van der Waals surface area contributed by atoms with Crippen molar-refractivity contribution in [2.45, 2.75) is 56.2 Å². The van der Waals surface area contributed by atoms with Crippen molar-refractivity contribution < 1.29 is 4.79 Å². The predicted molar refractivity (Wildman–Crippen MR) is 147 cm³/mol. The lowest BCUT2D eigenvalue weighted by Gasteiger charge is -2.56. The number of anilines is 3. The molecule has 0 aromatic carbocycles. The number of Topliss-reactive ketones (excluding diaryl/α,β-unsaturated/α-hetero) is 1. The molecular weight excluding hydrogens is 462 g/mol. The molecule has 2 N–H and O–H groups in total. The molecule has 0 atom stereocenters. The Morgan fingerprint density at radius 2 is 1.76 bits per heavy atom. The molecule has 37 heavy (non-hydrogen) atoms. The average Bonchev–Trinajstić information content (AvgIpc) is 3.33. The van der Waals surface area contributed by atoms with E-state index < -0.39 is 10.7 Å². The lowest BCUT2D eigenvalue weighted by molar-refractivity contribution is 0.101. The molecule has 1 aliphatic carbocycles. The minimum Gasteiger partial charge on any atom is -0.391 e. The molecule has 3 aromatic rings. The number of aromatic nitrogens is 4. The summed E-state index contributed by atoms with van der Waals surface area (Å²) in [5, 5.41) is 4.19. The number of piperazine rings is 1. The minimum absolute atomic E-state index is 0.00604. The molecule has 2 fully saturated rings. The van der Waals surface area contributed by atoms with E-state index in [0.29, 0.717) is 41.2 Å². The second kappa shape index (κ2) is 9.35. The Kier molecular flexibility index (Phi) is 6.46. The molecule has 0 spiro atoms. The molecule has 3 aromatic heterocycles. The zero-order chi connectivity index (χ0) is 26.5. The van der Waals surface area contributed by atoms with E-state index in [4.69, 9.17) is 31.4 Å². The third kappa shape index (κ3) is 4.58. The van der Waals surface area contributed by atoms with Crippen LogP contribution in [0, 0.1) is 6.92 Å². The van der Waals surface area contributed by atoms with Gasteiger partial charge in [0.15, 0.2) is 5.78 Å². The van der Waals surface area contributed by atoms with Crippen LogP contribution in [0.2, 0.25) is 0 Å². The minimum atomic E-state index is -1.31. The number of nitrogens with one attached hydrogen (secondary N) is 2. The molecule has 5 rings (SSSR count). The second-order valence-corrected chi connectivity index (χ2v) is 10.0. The van der Waals surface area contributed by atoms with Gasteiger partial charge in [0, 0.05) is 30.7 Å². The Balaban J connectivity index is 1.51. The van der Waals surface area contributed by atoms with Crippen LogP contribution in [-0.2, 0) is 0 Å². The van der Waals surface area contributed by atoms with E-state index in [1.807, 2.05) is 0 Å². The lowest BCUT2D eigenvalue weighted by atomic mass is 9.50. The van der Waals surface area contributed by atoms with Crippen LogP contribution in [0.3, 0.4) is 0 Å². The summed E-state index contributed by atoms with van der Waals surface area (Å²) in [6.07, 6.45) is 6.99. The van der Waals surface area contributed by atoms with E-state index in [2.05, 4.69) is 25.6 Å². The summed E-state index contributed by atoms with van der Waals surface area (Å²) in [7, 11) is 24.9. The molecule has 1 aliphatic heterocycles. The Labute approximate surface area is 220 Å². The first-order chi connectivity index (χ1) is 17.5. The summed E-state index contributed by atoms with van der Waals surface area (Å²) < 4.78 is 1.67. The number of nitrogens with zero attached hydrogens (tertiary/aromatic N) is 5. The van der Waals surface area contributed by atoms with Crippen molar-refractivity contribution in [3.8, 4) is 0 Å². The maximum absolute atomic E-state index is 13.4. The van der Waals surface area contributed by atoms with Crippen molar-refractivity contribution in [1.29, 1.82) is 0 Å². The van der Waals surface area contributed by atoms with Gasteiger partial charge in [-0.3, -0.25) is 14.2 Å². The number of rotatable bonds is 5. The van der Waals surface area contributed by atoms with Crippen LogP contribution in [0.5, 0.6) is 0 Å². The summed E-state index contributed by atoms with van der Waals surface area (Å²) in [4.78, 5) is 40.8. The molecule has 0 bridgehead atoms. The van der Waals surface area contributed by atoms with E-state index in [9.17, 15) is 9.59 Å². The first kappa shape index (κ1) is 25.6. The van der Waals surface area contributed by atoms with Crippen molar-refractivity contribution in [2.24, 2.45) is 0 Å². The molecule has 9 nitrogen and oxygen atoms in total. The number of carbonyl (C=O) groups excluding carboxylic acids is 1. The second-order valence-electron chi connectivity index (χ2n) is 10.0. The van der Waals surface area contributed by atoms with Gasteiger partial charge in [-0.05, 0) is 55.1 Å². The van der Waals surface area contributed by atoms with Crippen LogP contribution in [0.1, 0.15) is 54.6 Å². The first-order valence-electron chi connectivity index (χ1n) is 12.3. The third-order valence-corrected chi connectivity index (χ3v) is 7.15. The van der Waals surface area contributed by atoms with Gasteiger partial charge in [0.1, 0.15) is 11.5 Å². The fourth-order valence-electron chi connectivity index (χ4n) is 5.50. The highest BCUT2D eigenvalue weighted by molar-refractivity contribution is 6.48. The van der Waals surface area contributed by atoms with Crippen LogP contribution < -0.4 is 21.1 Å². The average molecular weight is 487 g/mol. The number of fused-ring (bicyclic) bond motifs is 1. The van der Waals surface area contributed by atoms with Gasteiger partial charge in [-0.1, -0.05) is 12.8 Å². The Morgan fingerprint density at radius 1 is 1.08 bits per heavy atom. The number of aryl methyl sites for hydroxylation is 1. The zero-order valence-corrected chi connectivity index (χ0v) is 21.0. The third-order valence-electron chi connectivity index (χ3n) is 7.15. The van der Waals surface area contributed by atoms with E-state index in [-0.39, 0.29) is 28.9 Å². The lowest BCUT2D eigenvalue weighted by Crippen LogP contribution is -2.74. The fourth-order valence-corrected chi connectivity index (χ4v) is 5.50. The SMILES string of the molecule is [B]C1([B])CNCC([B])([B])N1c1ccc(Nc2ncc3c(C)c(C(C)=O)c(=O)n(C4CCCC4)c3n2)nc1. The normalized spacial score (nSPS) is 19.2. The van der Waals surface area contributed by atoms with Crippen LogP contribution in [0.4, 0.5) is 17.5 Å². The number of ketones is 1. The van der Waals surface area contributed by atoms with E-state index in [0.717, 1.165) is 25.7 Å². The molecule has 8 radical (unpaired) electrons. The topological polar surface area (TPSA) is 105 Å². The van der Waals surface area contributed by atoms with Gasteiger partial charge in [-0.25, -0.2) is 9.97 Å². The summed E-state index contributed by atoms with van der Waals surface area (Å²) in [6, 6.07) is 3.46. The Morgan fingerprint density at radius 3 is 2.35 bits per heavy atom. The standard InChI is InChI=1S/C24H25B4N7O2/c1-13-17-10-31-22(33-20(17)34(15-5-3-4-6-15)21(37)19(13)14(2)36)32-18-8-7-16(9-30-18)35-23(25,26)11-29-12-24(35,27)28/h7-10,15,29H,3-6,11-12H2,1-2H3,(H,30,31,32,33). The first-order valence-corrected chi connectivity index (χ1v) is 12.3. The monoisotopic (exact) mass is 487 g/mol. The van der Waals surface area contributed by atoms with Crippen molar-refractivity contribution >= 4 is 65.7 Å². The van der Waals surface area contributed by atoms with Crippen LogP contribution in [0.15, 0.2) is 29.3 Å². The van der Waals surface area contributed by atoms with Gasteiger partial charge in [0.25, 0.3) is 5.56 Å². The highest BCUT2D eigenvalue weighted by atomic mass is 16.1. The molecule has 1 saturated heterocycles. The van der Waals surface area contributed by atoms with Gasteiger partial charge >= 0.3 is 0 Å². The van der Waals surface area contributed by atoms with Gasteiger partial charge in [0.2, 0.25) is 5.95 Å². The molecule has 4 heterocycles. The molecule has 2 aliphatic rings. The van der Waals surface area contributed by atoms with Crippen molar-refractivity contribution in [3.63, 3.8) is 0 Å². The molecule has 1 saturated carbocycles.